The van der Waals surface area contributed by atoms with Gasteiger partial charge in [0.2, 0.25) is 0 Å². The highest BCUT2D eigenvalue weighted by atomic mass is 35.5. The number of rotatable bonds is 2. The predicted molar refractivity (Wildman–Crippen MR) is 72.7 cm³/mol. The summed E-state index contributed by atoms with van der Waals surface area (Å²) in [6.45, 7) is 0.537. The molecule has 2 heterocycles. The van der Waals surface area contributed by atoms with Crippen LogP contribution in [0, 0.1) is 5.82 Å². The number of fused-ring (bicyclic) bond motifs is 1. The van der Waals surface area contributed by atoms with E-state index in [0.717, 1.165) is 29.7 Å². The molecule has 110 valence electrons. The van der Waals surface area contributed by atoms with E-state index in [2.05, 4.69) is 5.10 Å². The molecule has 1 aromatic carbocycles. The summed E-state index contributed by atoms with van der Waals surface area (Å²) in [6, 6.07) is 1.91. The SMILES string of the molecule is O=C(O)c1cc(-n2nc3n(c2=O)CCCC3)c(F)cc1Cl. The van der Waals surface area contributed by atoms with Gasteiger partial charge in [-0.2, -0.15) is 4.68 Å². The summed E-state index contributed by atoms with van der Waals surface area (Å²) in [7, 11) is 0. The molecule has 0 spiro atoms. The zero-order valence-corrected chi connectivity index (χ0v) is 11.6. The van der Waals surface area contributed by atoms with E-state index in [1.54, 1.807) is 0 Å². The average Bonchev–Trinajstić information content (AvgIpc) is 2.76. The summed E-state index contributed by atoms with van der Waals surface area (Å²) in [4.78, 5) is 23.3. The first-order valence-electron chi connectivity index (χ1n) is 6.40. The minimum atomic E-state index is -1.29. The lowest BCUT2D eigenvalue weighted by molar-refractivity contribution is 0.0697. The maximum absolute atomic E-state index is 14.0. The maximum atomic E-state index is 14.0. The fourth-order valence-corrected chi connectivity index (χ4v) is 2.65. The molecule has 2 aromatic rings. The Balaban J connectivity index is 2.21. The Labute approximate surface area is 123 Å². The minimum absolute atomic E-state index is 0.205. The van der Waals surface area contributed by atoms with Crippen LogP contribution in [0.3, 0.4) is 0 Å². The predicted octanol–water partition coefficient (Wildman–Crippen LogP) is 1.86. The van der Waals surface area contributed by atoms with Crippen LogP contribution in [0.5, 0.6) is 0 Å². The Morgan fingerprint density at radius 1 is 1.38 bits per heavy atom. The van der Waals surface area contributed by atoms with Gasteiger partial charge in [0.15, 0.2) is 5.82 Å². The van der Waals surface area contributed by atoms with Crippen LogP contribution in [0.2, 0.25) is 5.02 Å². The molecule has 3 rings (SSSR count). The third kappa shape index (κ3) is 2.23. The lowest BCUT2D eigenvalue weighted by Gasteiger charge is -2.09. The van der Waals surface area contributed by atoms with Gasteiger partial charge in [0.1, 0.15) is 11.5 Å². The molecule has 0 aliphatic carbocycles. The van der Waals surface area contributed by atoms with E-state index in [1.807, 2.05) is 0 Å². The smallest absolute Gasteiger partial charge is 0.350 e. The number of halogens is 2. The molecule has 0 radical (unpaired) electrons. The van der Waals surface area contributed by atoms with E-state index < -0.39 is 17.5 Å². The fourth-order valence-electron chi connectivity index (χ4n) is 2.42. The van der Waals surface area contributed by atoms with Crippen molar-refractivity contribution in [2.24, 2.45) is 0 Å². The van der Waals surface area contributed by atoms with Crippen molar-refractivity contribution >= 4 is 17.6 Å². The van der Waals surface area contributed by atoms with Gasteiger partial charge in [-0.25, -0.2) is 14.0 Å². The third-order valence-corrected chi connectivity index (χ3v) is 3.78. The Morgan fingerprint density at radius 3 is 2.81 bits per heavy atom. The van der Waals surface area contributed by atoms with Crippen molar-refractivity contribution in [3.05, 3.63) is 44.8 Å². The van der Waals surface area contributed by atoms with Gasteiger partial charge in [-0.3, -0.25) is 4.57 Å². The molecule has 1 aliphatic rings. The lowest BCUT2D eigenvalue weighted by Crippen LogP contribution is -2.26. The highest BCUT2D eigenvalue weighted by Crippen LogP contribution is 2.23. The van der Waals surface area contributed by atoms with Gasteiger partial charge in [0, 0.05) is 13.0 Å². The average molecular weight is 312 g/mol. The number of nitrogens with zero attached hydrogens (tertiary/aromatic N) is 3. The van der Waals surface area contributed by atoms with Gasteiger partial charge in [0.05, 0.1) is 10.6 Å². The number of carboxylic acid groups (broad SMARTS) is 1. The Hall–Kier alpha value is -2.15. The summed E-state index contributed by atoms with van der Waals surface area (Å²) >= 11 is 5.69. The largest absolute Gasteiger partial charge is 0.478 e. The molecule has 1 aromatic heterocycles. The molecule has 0 fully saturated rings. The molecule has 8 heteroatoms. The highest BCUT2D eigenvalue weighted by Gasteiger charge is 2.21. The van der Waals surface area contributed by atoms with E-state index in [9.17, 15) is 14.0 Å². The highest BCUT2D eigenvalue weighted by molar-refractivity contribution is 6.33. The van der Waals surface area contributed by atoms with Crippen LogP contribution in [0.25, 0.3) is 5.69 Å². The van der Waals surface area contributed by atoms with Crippen molar-refractivity contribution in [2.75, 3.05) is 0 Å². The molecule has 0 amide bonds. The molecule has 0 atom stereocenters. The van der Waals surface area contributed by atoms with Gasteiger partial charge in [0.25, 0.3) is 0 Å². The van der Waals surface area contributed by atoms with E-state index in [4.69, 9.17) is 16.7 Å². The van der Waals surface area contributed by atoms with E-state index >= 15 is 0 Å². The van der Waals surface area contributed by atoms with Crippen LogP contribution in [0.15, 0.2) is 16.9 Å². The monoisotopic (exact) mass is 311 g/mol. The second-order valence-electron chi connectivity index (χ2n) is 4.81. The van der Waals surface area contributed by atoms with Gasteiger partial charge >= 0.3 is 11.7 Å². The summed E-state index contributed by atoms with van der Waals surface area (Å²) in [5, 5.41) is 12.9. The zero-order valence-electron chi connectivity index (χ0n) is 10.8. The van der Waals surface area contributed by atoms with Crippen LogP contribution in [0.4, 0.5) is 4.39 Å². The second-order valence-corrected chi connectivity index (χ2v) is 5.22. The van der Waals surface area contributed by atoms with Crippen molar-refractivity contribution in [3.63, 3.8) is 0 Å². The topological polar surface area (TPSA) is 77.1 Å². The summed E-state index contributed by atoms with van der Waals surface area (Å²) in [5.74, 6) is -1.50. The van der Waals surface area contributed by atoms with Crippen LogP contribution < -0.4 is 5.69 Å². The molecular formula is C13H11ClFN3O3. The number of carboxylic acids is 1. The number of aromatic carboxylic acids is 1. The number of aromatic nitrogens is 3. The molecule has 6 nitrogen and oxygen atoms in total. The number of hydrogen-bond donors (Lipinski definition) is 1. The molecule has 0 saturated heterocycles. The molecular weight excluding hydrogens is 301 g/mol. The third-order valence-electron chi connectivity index (χ3n) is 3.47. The first-order valence-corrected chi connectivity index (χ1v) is 6.78. The number of aryl methyl sites for hydroxylation is 1. The zero-order chi connectivity index (χ0) is 15.1. The molecule has 1 aliphatic heterocycles. The van der Waals surface area contributed by atoms with Gasteiger partial charge in [-0.05, 0) is 25.0 Å². The Kier molecular flexibility index (Phi) is 3.29. The Bertz CT molecular complexity index is 797. The van der Waals surface area contributed by atoms with E-state index in [-0.39, 0.29) is 16.3 Å². The molecule has 1 N–H and O–H groups in total. The normalized spacial score (nSPS) is 14.0. The van der Waals surface area contributed by atoms with E-state index in [1.165, 1.54) is 4.57 Å². The first-order chi connectivity index (χ1) is 9.99. The molecule has 0 unspecified atom stereocenters. The lowest BCUT2D eigenvalue weighted by atomic mass is 10.2. The van der Waals surface area contributed by atoms with Crippen LogP contribution in [-0.4, -0.2) is 25.4 Å². The van der Waals surface area contributed by atoms with Crippen molar-refractivity contribution in [2.45, 2.75) is 25.8 Å². The van der Waals surface area contributed by atoms with Crippen molar-refractivity contribution in [3.8, 4) is 5.69 Å². The Morgan fingerprint density at radius 2 is 2.14 bits per heavy atom. The van der Waals surface area contributed by atoms with E-state index in [0.29, 0.717) is 18.8 Å². The second kappa shape index (κ2) is 5.00. The van der Waals surface area contributed by atoms with Gasteiger partial charge < -0.3 is 5.11 Å². The molecule has 0 bridgehead atoms. The van der Waals surface area contributed by atoms with Crippen LogP contribution in [-0.2, 0) is 13.0 Å². The maximum Gasteiger partial charge on any atom is 0.350 e. The van der Waals surface area contributed by atoms with Gasteiger partial charge in [-0.1, -0.05) is 11.6 Å². The summed E-state index contributed by atoms with van der Waals surface area (Å²) < 4.78 is 16.4. The van der Waals surface area contributed by atoms with Crippen molar-refractivity contribution < 1.29 is 14.3 Å². The summed E-state index contributed by atoms with van der Waals surface area (Å²) in [6.07, 6.45) is 2.42. The first kappa shape index (κ1) is 13.8. The molecule has 0 saturated carbocycles. The van der Waals surface area contributed by atoms with Crippen LogP contribution >= 0.6 is 11.6 Å². The number of carbonyl (C=O) groups is 1. The molecule has 21 heavy (non-hydrogen) atoms. The fraction of sp³-hybridized carbons (Fsp3) is 0.308. The van der Waals surface area contributed by atoms with Crippen molar-refractivity contribution in [1.29, 1.82) is 0 Å². The standard InChI is InChI=1S/C13H11ClFN3O3/c14-8-6-9(15)10(5-7(8)12(19)20)18-13(21)17-4-2-1-3-11(17)16-18/h5-6H,1-4H2,(H,19,20). The van der Waals surface area contributed by atoms with Gasteiger partial charge in [-0.15, -0.1) is 5.10 Å². The summed E-state index contributed by atoms with van der Waals surface area (Å²) in [5.41, 5.74) is -0.947. The quantitative estimate of drug-likeness (QED) is 0.918. The number of hydrogen-bond acceptors (Lipinski definition) is 3. The minimum Gasteiger partial charge on any atom is -0.478 e. The number of benzene rings is 1. The van der Waals surface area contributed by atoms with Crippen LogP contribution in [0.1, 0.15) is 29.0 Å². The van der Waals surface area contributed by atoms with Crippen molar-refractivity contribution in [1.82, 2.24) is 14.3 Å².